The second kappa shape index (κ2) is 5.64. The zero-order valence-corrected chi connectivity index (χ0v) is 13.1. The monoisotopic (exact) mass is 336 g/mol. The molecule has 9 heteroatoms. The molecule has 0 radical (unpaired) electrons. The smallest absolute Gasteiger partial charge is 0.246 e. The van der Waals surface area contributed by atoms with E-state index in [0.717, 1.165) is 28.8 Å². The van der Waals surface area contributed by atoms with E-state index in [-0.39, 0.29) is 24.0 Å². The number of nitrogens with zero attached hydrogens (tertiary/aromatic N) is 1. The Balaban J connectivity index is 2.54. The first-order chi connectivity index (χ1) is 9.67. The van der Waals surface area contributed by atoms with Crippen molar-refractivity contribution < 1.29 is 21.2 Å². The van der Waals surface area contributed by atoms with Crippen LogP contribution < -0.4 is 5.73 Å². The molecule has 1 atom stereocenters. The van der Waals surface area contributed by atoms with Gasteiger partial charge in [0, 0.05) is 25.4 Å². The van der Waals surface area contributed by atoms with Gasteiger partial charge in [0.1, 0.15) is 10.7 Å². The maximum Gasteiger partial charge on any atom is 0.246 e. The maximum atomic E-state index is 13.9. The number of nitrogens with two attached hydrogens (primary N) is 1. The molecule has 1 aromatic rings. The first-order valence-corrected chi connectivity index (χ1v) is 9.72. The molecule has 1 unspecified atom stereocenters. The molecule has 0 bridgehead atoms. The third-order valence-corrected chi connectivity index (χ3v) is 6.59. The molecule has 118 valence electrons. The van der Waals surface area contributed by atoms with Crippen molar-refractivity contribution >= 4 is 19.9 Å². The fraction of sp³-hybridized carbons (Fsp3) is 0.500. The molecule has 21 heavy (non-hydrogen) atoms. The lowest BCUT2D eigenvalue weighted by molar-refractivity contribution is 0.390. The third kappa shape index (κ3) is 3.10. The predicted molar refractivity (Wildman–Crippen MR) is 75.5 cm³/mol. The van der Waals surface area contributed by atoms with E-state index in [9.17, 15) is 21.2 Å². The normalized spacial score (nSPS) is 20.8. The number of sulfone groups is 1. The average Bonchev–Trinajstić information content (AvgIpc) is 2.86. The lowest BCUT2D eigenvalue weighted by Gasteiger charge is -2.23. The van der Waals surface area contributed by atoms with Crippen LogP contribution in [0.5, 0.6) is 0 Å². The van der Waals surface area contributed by atoms with E-state index < -0.39 is 30.6 Å². The zero-order chi connectivity index (χ0) is 15.8. The van der Waals surface area contributed by atoms with Gasteiger partial charge in [-0.1, -0.05) is 0 Å². The molecule has 0 aromatic heterocycles. The Hall–Kier alpha value is -1.03. The Labute approximate surface area is 123 Å². The summed E-state index contributed by atoms with van der Waals surface area (Å²) in [6.45, 7) is 0.402. The Bertz CT molecular complexity index is 747. The molecule has 1 aliphatic rings. The molecule has 1 heterocycles. The van der Waals surface area contributed by atoms with Crippen LogP contribution in [0.15, 0.2) is 28.0 Å². The third-order valence-electron chi connectivity index (χ3n) is 3.51. The van der Waals surface area contributed by atoms with E-state index in [4.69, 9.17) is 5.73 Å². The van der Waals surface area contributed by atoms with Gasteiger partial charge in [-0.3, -0.25) is 0 Å². The van der Waals surface area contributed by atoms with Crippen molar-refractivity contribution in [2.24, 2.45) is 5.73 Å². The summed E-state index contributed by atoms with van der Waals surface area (Å²) >= 11 is 0. The standard InChI is InChI=1S/C12H17FN2O4S2/c1-20(16,17)10-4-5-11(13)12(7-10)21(18,19)15-6-2-3-9(15)8-14/h4-5,7,9H,2-3,6,8,14H2,1H3. The molecular weight excluding hydrogens is 319 g/mol. The van der Waals surface area contributed by atoms with Gasteiger partial charge < -0.3 is 5.73 Å². The van der Waals surface area contributed by atoms with Crippen LogP contribution in [0.3, 0.4) is 0 Å². The molecule has 0 aliphatic carbocycles. The Kier molecular flexibility index (Phi) is 4.39. The lowest BCUT2D eigenvalue weighted by atomic mass is 10.2. The Morgan fingerprint density at radius 1 is 1.33 bits per heavy atom. The van der Waals surface area contributed by atoms with Crippen molar-refractivity contribution in [1.29, 1.82) is 0 Å². The van der Waals surface area contributed by atoms with Gasteiger partial charge in [0.05, 0.1) is 4.90 Å². The van der Waals surface area contributed by atoms with E-state index in [1.54, 1.807) is 0 Å². The van der Waals surface area contributed by atoms with Gasteiger partial charge in [-0.25, -0.2) is 21.2 Å². The van der Waals surface area contributed by atoms with Crippen molar-refractivity contribution in [2.75, 3.05) is 19.3 Å². The van der Waals surface area contributed by atoms with Crippen LogP contribution >= 0.6 is 0 Å². The average molecular weight is 336 g/mol. The summed E-state index contributed by atoms with van der Waals surface area (Å²) < 4.78 is 63.2. The number of benzene rings is 1. The number of rotatable bonds is 4. The first kappa shape index (κ1) is 16.3. The summed E-state index contributed by atoms with van der Waals surface area (Å²) in [7, 11) is -7.72. The van der Waals surface area contributed by atoms with E-state index >= 15 is 0 Å². The van der Waals surface area contributed by atoms with Gasteiger partial charge in [-0.05, 0) is 31.0 Å². The molecule has 1 saturated heterocycles. The first-order valence-electron chi connectivity index (χ1n) is 6.39. The van der Waals surface area contributed by atoms with Gasteiger partial charge in [-0.15, -0.1) is 0 Å². The lowest BCUT2D eigenvalue weighted by Crippen LogP contribution is -2.40. The van der Waals surface area contributed by atoms with Crippen molar-refractivity contribution in [3.63, 3.8) is 0 Å². The molecule has 0 amide bonds. The summed E-state index contributed by atoms with van der Waals surface area (Å²) in [5.74, 6) is -0.968. The fourth-order valence-electron chi connectivity index (χ4n) is 2.40. The fourth-order valence-corrected chi connectivity index (χ4v) is 4.92. The molecule has 6 nitrogen and oxygen atoms in total. The van der Waals surface area contributed by atoms with E-state index in [2.05, 4.69) is 0 Å². The number of halogens is 1. The highest BCUT2D eigenvalue weighted by Gasteiger charge is 2.36. The molecule has 1 fully saturated rings. The second-order valence-corrected chi connectivity index (χ2v) is 8.89. The van der Waals surface area contributed by atoms with E-state index in [1.165, 1.54) is 0 Å². The molecule has 1 aromatic carbocycles. The minimum Gasteiger partial charge on any atom is -0.329 e. The van der Waals surface area contributed by atoms with Crippen molar-refractivity contribution in [1.82, 2.24) is 4.31 Å². The van der Waals surface area contributed by atoms with E-state index in [1.807, 2.05) is 0 Å². The SMILES string of the molecule is CS(=O)(=O)c1ccc(F)c(S(=O)(=O)N2CCCC2CN)c1. The largest absolute Gasteiger partial charge is 0.329 e. The van der Waals surface area contributed by atoms with Crippen molar-refractivity contribution in [3.8, 4) is 0 Å². The molecular formula is C12H17FN2O4S2. The van der Waals surface area contributed by atoms with Gasteiger partial charge >= 0.3 is 0 Å². The minimum absolute atomic E-state index is 0.145. The van der Waals surface area contributed by atoms with Crippen LogP contribution in [-0.2, 0) is 19.9 Å². The molecule has 1 aliphatic heterocycles. The summed E-state index contributed by atoms with van der Waals surface area (Å²) in [4.78, 5) is -0.850. The summed E-state index contributed by atoms with van der Waals surface area (Å²) in [5.41, 5.74) is 5.54. The highest BCUT2D eigenvalue weighted by atomic mass is 32.2. The highest BCUT2D eigenvalue weighted by molar-refractivity contribution is 7.91. The van der Waals surface area contributed by atoms with Crippen molar-refractivity contribution in [2.45, 2.75) is 28.7 Å². The zero-order valence-electron chi connectivity index (χ0n) is 11.5. The number of sulfonamides is 1. The predicted octanol–water partition coefficient (Wildman–Crippen LogP) is 0.341. The number of hydrogen-bond acceptors (Lipinski definition) is 5. The van der Waals surface area contributed by atoms with Crippen LogP contribution in [0.25, 0.3) is 0 Å². The molecule has 0 saturated carbocycles. The van der Waals surface area contributed by atoms with Crippen LogP contribution in [-0.4, -0.2) is 46.5 Å². The van der Waals surface area contributed by atoms with Gasteiger partial charge in [-0.2, -0.15) is 4.31 Å². The maximum absolute atomic E-state index is 13.9. The second-order valence-electron chi connectivity index (χ2n) is 5.01. The van der Waals surface area contributed by atoms with E-state index in [0.29, 0.717) is 12.8 Å². The van der Waals surface area contributed by atoms with Crippen LogP contribution in [0, 0.1) is 5.82 Å². The van der Waals surface area contributed by atoms with Gasteiger partial charge in [0.2, 0.25) is 10.0 Å². The van der Waals surface area contributed by atoms with Crippen molar-refractivity contribution in [3.05, 3.63) is 24.0 Å². The quantitative estimate of drug-likeness (QED) is 0.800. The highest BCUT2D eigenvalue weighted by Crippen LogP contribution is 2.28. The topological polar surface area (TPSA) is 97.5 Å². The Morgan fingerprint density at radius 2 is 2.00 bits per heavy atom. The summed E-state index contributed by atoms with van der Waals surface area (Å²) in [6.07, 6.45) is 2.20. The summed E-state index contributed by atoms with van der Waals surface area (Å²) in [6, 6.07) is 2.40. The Morgan fingerprint density at radius 3 is 2.57 bits per heavy atom. The molecule has 2 N–H and O–H groups in total. The number of hydrogen-bond donors (Lipinski definition) is 1. The minimum atomic E-state index is -4.10. The van der Waals surface area contributed by atoms with Crippen LogP contribution in [0.4, 0.5) is 4.39 Å². The van der Waals surface area contributed by atoms with Gasteiger partial charge in [0.25, 0.3) is 0 Å². The molecule has 2 rings (SSSR count). The van der Waals surface area contributed by atoms with Gasteiger partial charge in [0.15, 0.2) is 9.84 Å². The van der Waals surface area contributed by atoms with Crippen LogP contribution in [0.1, 0.15) is 12.8 Å². The van der Waals surface area contributed by atoms with Crippen LogP contribution in [0.2, 0.25) is 0 Å². The summed E-state index contributed by atoms with van der Waals surface area (Å²) in [5, 5.41) is 0. The molecule has 0 spiro atoms.